The average Bonchev–Trinajstić information content (AvgIpc) is 3.20. The smallest absolute Gasteiger partial charge is 0.311 e. The number of benzene rings is 2. The molecule has 2 aromatic rings. The van der Waals surface area contributed by atoms with Crippen LogP contribution in [0.5, 0.6) is 11.5 Å². The van der Waals surface area contributed by atoms with E-state index in [0.29, 0.717) is 26.7 Å². The van der Waals surface area contributed by atoms with E-state index in [-0.39, 0.29) is 18.5 Å². The number of aryl methyl sites for hydroxylation is 1. The monoisotopic (exact) mass is 567 g/mol. The summed E-state index contributed by atoms with van der Waals surface area (Å²) in [6.45, 7) is 1.17. The number of amides is 3. The Kier molecular flexibility index (Phi) is 8.57. The third kappa shape index (κ3) is 6.43. The molecule has 2 N–H and O–H groups in total. The van der Waals surface area contributed by atoms with Crippen LogP contribution in [-0.2, 0) is 19.1 Å². The van der Waals surface area contributed by atoms with Crippen molar-refractivity contribution >= 4 is 56.9 Å². The Hall–Kier alpha value is -3.31. The van der Waals surface area contributed by atoms with Gasteiger partial charge in [0.25, 0.3) is 11.8 Å². The van der Waals surface area contributed by atoms with Crippen LogP contribution in [0, 0.1) is 12.8 Å². The lowest BCUT2D eigenvalue weighted by Crippen LogP contribution is -2.43. The largest absolute Gasteiger partial charge is 0.493 e. The van der Waals surface area contributed by atoms with Crippen LogP contribution in [0.25, 0.3) is 0 Å². The average molecular weight is 569 g/mol. The van der Waals surface area contributed by atoms with Crippen LogP contribution in [0.2, 0.25) is 5.02 Å². The van der Waals surface area contributed by atoms with Crippen molar-refractivity contribution in [2.24, 2.45) is 5.92 Å². The number of rotatable bonds is 8. The van der Waals surface area contributed by atoms with Crippen molar-refractivity contribution in [1.82, 2.24) is 10.4 Å². The second-order valence-electron chi connectivity index (χ2n) is 7.65. The molecule has 1 saturated heterocycles. The van der Waals surface area contributed by atoms with Crippen LogP contribution in [0.15, 0.2) is 34.8 Å². The van der Waals surface area contributed by atoms with E-state index in [4.69, 9.17) is 25.8 Å². The number of methoxy groups -OCH3 is 2. The highest BCUT2D eigenvalue weighted by molar-refractivity contribution is 9.10. The van der Waals surface area contributed by atoms with E-state index in [2.05, 4.69) is 26.7 Å². The first-order chi connectivity index (χ1) is 16.6. The molecule has 1 atom stereocenters. The third-order valence-electron chi connectivity index (χ3n) is 5.23. The summed E-state index contributed by atoms with van der Waals surface area (Å²) in [7, 11) is 2.91. The van der Waals surface area contributed by atoms with E-state index in [0.717, 1.165) is 10.6 Å². The molecule has 1 aliphatic rings. The van der Waals surface area contributed by atoms with Gasteiger partial charge in [0.2, 0.25) is 5.91 Å². The molecule has 0 saturated carbocycles. The van der Waals surface area contributed by atoms with Gasteiger partial charge < -0.3 is 19.5 Å². The minimum atomic E-state index is -0.829. The SMILES string of the molecule is COc1ccc(C(=O)NN2C[C@@H](C(=O)OCC(=O)Nc3cc(Cl)c(Br)cc3C)CC2=O)cc1OC. The summed E-state index contributed by atoms with van der Waals surface area (Å²) in [5.74, 6) is -2.31. The maximum Gasteiger partial charge on any atom is 0.311 e. The number of carbonyl (C=O) groups excluding carboxylic acids is 4. The Morgan fingerprint density at radius 1 is 1.14 bits per heavy atom. The number of esters is 1. The number of hydrogen-bond acceptors (Lipinski definition) is 7. The highest BCUT2D eigenvalue weighted by Gasteiger charge is 2.36. The van der Waals surface area contributed by atoms with Crippen molar-refractivity contribution in [3.63, 3.8) is 0 Å². The first-order valence-corrected chi connectivity index (χ1v) is 11.6. The number of ether oxygens (including phenoxy) is 3. The van der Waals surface area contributed by atoms with Crippen molar-refractivity contribution in [3.05, 3.63) is 51.0 Å². The van der Waals surface area contributed by atoms with Gasteiger partial charge in [-0.3, -0.25) is 29.6 Å². The molecule has 186 valence electrons. The van der Waals surface area contributed by atoms with Crippen LogP contribution in [0.3, 0.4) is 0 Å². The van der Waals surface area contributed by atoms with Gasteiger partial charge in [-0.15, -0.1) is 0 Å². The minimum Gasteiger partial charge on any atom is -0.493 e. The zero-order chi connectivity index (χ0) is 25.7. The zero-order valence-corrected chi connectivity index (χ0v) is 21.5. The van der Waals surface area contributed by atoms with E-state index in [9.17, 15) is 19.2 Å². The van der Waals surface area contributed by atoms with Crippen molar-refractivity contribution in [2.75, 3.05) is 32.7 Å². The molecule has 1 heterocycles. The second-order valence-corrected chi connectivity index (χ2v) is 8.91. The summed E-state index contributed by atoms with van der Waals surface area (Å²) < 4.78 is 16.1. The number of hydrogen-bond donors (Lipinski definition) is 2. The molecule has 35 heavy (non-hydrogen) atoms. The Morgan fingerprint density at radius 3 is 2.54 bits per heavy atom. The van der Waals surface area contributed by atoms with E-state index in [1.54, 1.807) is 25.1 Å². The summed E-state index contributed by atoms with van der Waals surface area (Å²) >= 11 is 9.35. The van der Waals surface area contributed by atoms with Gasteiger partial charge in [-0.05, 0) is 58.7 Å². The Balaban J connectivity index is 1.53. The fourth-order valence-corrected chi connectivity index (χ4v) is 3.98. The molecular formula is C23H23BrClN3O7. The number of hydrazine groups is 1. The predicted octanol–water partition coefficient (Wildman–Crippen LogP) is 3.10. The molecule has 1 aliphatic heterocycles. The molecule has 0 aromatic heterocycles. The summed E-state index contributed by atoms with van der Waals surface area (Å²) in [5, 5.41) is 4.10. The molecule has 10 nitrogen and oxygen atoms in total. The topological polar surface area (TPSA) is 123 Å². The van der Waals surface area contributed by atoms with E-state index >= 15 is 0 Å². The number of carbonyl (C=O) groups is 4. The lowest BCUT2D eigenvalue weighted by molar-refractivity contribution is -0.151. The van der Waals surface area contributed by atoms with Crippen molar-refractivity contribution in [3.8, 4) is 11.5 Å². The Labute approximate surface area is 214 Å². The molecule has 12 heteroatoms. The fourth-order valence-electron chi connectivity index (χ4n) is 3.36. The highest BCUT2D eigenvalue weighted by atomic mass is 79.9. The molecule has 3 rings (SSSR count). The summed E-state index contributed by atoms with van der Waals surface area (Å²) in [4.78, 5) is 49.5. The molecule has 0 aliphatic carbocycles. The van der Waals surface area contributed by atoms with Gasteiger partial charge in [0, 0.05) is 22.1 Å². The number of nitrogens with one attached hydrogen (secondary N) is 2. The predicted molar refractivity (Wildman–Crippen MR) is 130 cm³/mol. The maximum absolute atomic E-state index is 12.6. The van der Waals surface area contributed by atoms with Gasteiger partial charge >= 0.3 is 5.97 Å². The Bertz CT molecular complexity index is 1170. The number of halogens is 2. The molecular weight excluding hydrogens is 546 g/mol. The first kappa shape index (κ1) is 26.3. The zero-order valence-electron chi connectivity index (χ0n) is 19.1. The van der Waals surface area contributed by atoms with Crippen LogP contribution in [-0.4, -0.2) is 56.1 Å². The van der Waals surface area contributed by atoms with Crippen molar-refractivity contribution in [1.29, 1.82) is 0 Å². The van der Waals surface area contributed by atoms with Crippen LogP contribution < -0.4 is 20.2 Å². The van der Waals surface area contributed by atoms with Gasteiger partial charge in [-0.2, -0.15) is 0 Å². The quantitative estimate of drug-likeness (QED) is 0.469. The summed E-state index contributed by atoms with van der Waals surface area (Å²) in [6, 6.07) is 7.88. The van der Waals surface area contributed by atoms with E-state index in [1.165, 1.54) is 26.4 Å². The molecule has 0 unspecified atom stereocenters. The standard InChI is InChI=1S/C23H23BrClN3O7/c1-12-6-15(24)16(25)9-17(12)26-20(29)11-35-23(32)14-8-21(30)28(10-14)27-22(31)13-4-5-18(33-2)19(7-13)34-3/h4-7,9,14H,8,10-11H2,1-3H3,(H,26,29)(H,27,31)/t14-/m0/s1. The first-order valence-electron chi connectivity index (χ1n) is 10.4. The number of anilines is 1. The summed E-state index contributed by atoms with van der Waals surface area (Å²) in [6.07, 6.45) is -0.159. The molecule has 1 fully saturated rings. The molecule has 3 amide bonds. The fraction of sp³-hybridized carbons (Fsp3) is 0.304. The molecule has 2 aromatic carbocycles. The lowest BCUT2D eigenvalue weighted by Gasteiger charge is -2.18. The van der Waals surface area contributed by atoms with Gasteiger partial charge in [-0.1, -0.05) is 11.6 Å². The van der Waals surface area contributed by atoms with Gasteiger partial charge in [0.1, 0.15) is 0 Å². The number of nitrogens with zero attached hydrogens (tertiary/aromatic N) is 1. The van der Waals surface area contributed by atoms with Gasteiger partial charge in [-0.25, -0.2) is 0 Å². The van der Waals surface area contributed by atoms with Crippen molar-refractivity contribution < 1.29 is 33.4 Å². The molecule has 0 radical (unpaired) electrons. The lowest BCUT2D eigenvalue weighted by atomic mass is 10.1. The third-order valence-corrected chi connectivity index (χ3v) is 6.42. The van der Waals surface area contributed by atoms with Gasteiger partial charge in [0.05, 0.1) is 31.7 Å². The van der Waals surface area contributed by atoms with E-state index in [1.807, 2.05) is 0 Å². The Morgan fingerprint density at radius 2 is 1.86 bits per heavy atom. The van der Waals surface area contributed by atoms with E-state index < -0.39 is 36.2 Å². The van der Waals surface area contributed by atoms with Crippen LogP contribution >= 0.6 is 27.5 Å². The normalized spacial score (nSPS) is 14.9. The van der Waals surface area contributed by atoms with Crippen molar-refractivity contribution in [2.45, 2.75) is 13.3 Å². The highest BCUT2D eigenvalue weighted by Crippen LogP contribution is 2.29. The van der Waals surface area contributed by atoms with Crippen LogP contribution in [0.1, 0.15) is 22.3 Å². The minimum absolute atomic E-state index is 0.0836. The maximum atomic E-state index is 12.6. The van der Waals surface area contributed by atoms with Crippen LogP contribution in [0.4, 0.5) is 5.69 Å². The molecule has 0 bridgehead atoms. The summed E-state index contributed by atoms with van der Waals surface area (Å²) in [5.41, 5.74) is 3.97. The second kappa shape index (κ2) is 11.4. The molecule has 0 spiro atoms. The van der Waals surface area contributed by atoms with Gasteiger partial charge in [0.15, 0.2) is 18.1 Å².